The number of ether oxygens (including phenoxy) is 3. The third kappa shape index (κ3) is 4.82. The lowest BCUT2D eigenvalue weighted by Crippen LogP contribution is -2.44. The molecule has 0 saturated heterocycles. The van der Waals surface area contributed by atoms with Crippen molar-refractivity contribution in [3.8, 4) is 5.75 Å². The number of rotatable bonds is 8. The Morgan fingerprint density at radius 3 is 2.26 bits per heavy atom. The molecule has 0 saturated carbocycles. The summed E-state index contributed by atoms with van der Waals surface area (Å²) in [5.41, 5.74) is 1.20. The van der Waals surface area contributed by atoms with E-state index >= 15 is 0 Å². The highest BCUT2D eigenvalue weighted by Gasteiger charge is 2.18. The molecule has 0 bridgehead atoms. The van der Waals surface area contributed by atoms with Gasteiger partial charge in [-0.2, -0.15) is 0 Å². The average Bonchev–Trinajstić information content (AvgIpc) is 2.40. The zero-order valence-corrected chi connectivity index (χ0v) is 12.5. The van der Waals surface area contributed by atoms with E-state index in [4.69, 9.17) is 14.2 Å². The van der Waals surface area contributed by atoms with Gasteiger partial charge in [-0.05, 0) is 31.9 Å². The van der Waals surface area contributed by atoms with E-state index in [0.717, 1.165) is 12.2 Å². The first-order valence-corrected chi connectivity index (χ1v) is 6.55. The van der Waals surface area contributed by atoms with Crippen molar-refractivity contribution >= 4 is 0 Å². The van der Waals surface area contributed by atoms with E-state index in [0.29, 0.717) is 6.04 Å². The molecule has 19 heavy (non-hydrogen) atoms. The highest BCUT2D eigenvalue weighted by Crippen LogP contribution is 2.19. The smallest absolute Gasteiger partial charge is 0.171 e. The van der Waals surface area contributed by atoms with Crippen LogP contribution in [0.5, 0.6) is 5.75 Å². The topological polar surface area (TPSA) is 39.7 Å². The second-order valence-electron chi connectivity index (χ2n) is 4.71. The van der Waals surface area contributed by atoms with Crippen LogP contribution >= 0.6 is 0 Å². The molecular weight excluding hydrogens is 242 g/mol. The Morgan fingerprint density at radius 1 is 1.05 bits per heavy atom. The minimum absolute atomic E-state index is 0.125. The summed E-state index contributed by atoms with van der Waals surface area (Å²) in [6.45, 7) is 4.20. The minimum Gasteiger partial charge on any atom is -0.496 e. The molecule has 4 heteroatoms. The Morgan fingerprint density at radius 2 is 1.68 bits per heavy atom. The second-order valence-corrected chi connectivity index (χ2v) is 4.71. The van der Waals surface area contributed by atoms with Gasteiger partial charge in [-0.1, -0.05) is 18.2 Å². The standard InChI is InChI=1S/C15H25NO3/c1-11(16-12(2)15(18-4)19-5)10-13-8-6-7-9-14(13)17-3/h6-9,11-12,15-16H,10H2,1-5H3. The fourth-order valence-electron chi connectivity index (χ4n) is 2.29. The van der Waals surface area contributed by atoms with Crippen molar-refractivity contribution in [1.29, 1.82) is 0 Å². The van der Waals surface area contributed by atoms with E-state index < -0.39 is 0 Å². The van der Waals surface area contributed by atoms with Gasteiger partial charge in [0, 0.05) is 20.3 Å². The van der Waals surface area contributed by atoms with Gasteiger partial charge in [0.15, 0.2) is 6.29 Å². The molecule has 0 aliphatic rings. The van der Waals surface area contributed by atoms with Gasteiger partial charge in [0.1, 0.15) is 5.75 Å². The molecule has 2 atom stereocenters. The first-order valence-electron chi connectivity index (χ1n) is 6.55. The lowest BCUT2D eigenvalue weighted by Gasteiger charge is -2.26. The molecule has 0 radical (unpaired) electrons. The zero-order valence-electron chi connectivity index (χ0n) is 12.5. The van der Waals surface area contributed by atoms with Crippen LogP contribution in [-0.2, 0) is 15.9 Å². The van der Waals surface area contributed by atoms with Crippen LogP contribution in [0.1, 0.15) is 19.4 Å². The molecule has 4 nitrogen and oxygen atoms in total. The van der Waals surface area contributed by atoms with Gasteiger partial charge in [0.2, 0.25) is 0 Å². The van der Waals surface area contributed by atoms with Crippen molar-refractivity contribution in [3.63, 3.8) is 0 Å². The van der Waals surface area contributed by atoms with E-state index in [1.165, 1.54) is 5.56 Å². The molecule has 0 spiro atoms. The summed E-state index contributed by atoms with van der Waals surface area (Å²) in [4.78, 5) is 0. The SMILES string of the molecule is COc1ccccc1CC(C)NC(C)C(OC)OC. The molecule has 2 unspecified atom stereocenters. The third-order valence-corrected chi connectivity index (χ3v) is 3.14. The van der Waals surface area contributed by atoms with E-state index in [-0.39, 0.29) is 12.3 Å². The van der Waals surface area contributed by atoms with Crippen molar-refractivity contribution in [2.75, 3.05) is 21.3 Å². The fraction of sp³-hybridized carbons (Fsp3) is 0.600. The predicted octanol–water partition coefficient (Wildman–Crippen LogP) is 2.22. The maximum Gasteiger partial charge on any atom is 0.171 e. The van der Waals surface area contributed by atoms with Gasteiger partial charge >= 0.3 is 0 Å². The lowest BCUT2D eigenvalue weighted by atomic mass is 10.1. The second kappa shape index (κ2) is 8.15. The van der Waals surface area contributed by atoms with Crippen molar-refractivity contribution < 1.29 is 14.2 Å². The number of benzene rings is 1. The molecule has 0 amide bonds. The first kappa shape index (κ1) is 16.0. The van der Waals surface area contributed by atoms with Crippen LogP contribution in [-0.4, -0.2) is 39.7 Å². The summed E-state index contributed by atoms with van der Waals surface area (Å²) in [6, 6.07) is 8.51. The van der Waals surface area contributed by atoms with Crippen LogP contribution < -0.4 is 10.1 Å². The minimum atomic E-state index is -0.236. The maximum atomic E-state index is 5.36. The van der Waals surface area contributed by atoms with Gasteiger partial charge < -0.3 is 19.5 Å². The third-order valence-electron chi connectivity index (χ3n) is 3.14. The van der Waals surface area contributed by atoms with Crippen molar-refractivity contribution in [1.82, 2.24) is 5.32 Å². The quantitative estimate of drug-likeness (QED) is 0.733. The summed E-state index contributed by atoms with van der Waals surface area (Å²) >= 11 is 0. The summed E-state index contributed by atoms with van der Waals surface area (Å²) in [7, 11) is 5.00. The Balaban J connectivity index is 2.57. The molecule has 108 valence electrons. The summed E-state index contributed by atoms with van der Waals surface area (Å²) in [5, 5.41) is 3.48. The first-order chi connectivity index (χ1) is 9.12. The number of para-hydroxylation sites is 1. The molecule has 0 heterocycles. The van der Waals surface area contributed by atoms with Crippen LogP contribution in [0.25, 0.3) is 0 Å². The largest absolute Gasteiger partial charge is 0.496 e. The number of hydrogen-bond acceptors (Lipinski definition) is 4. The van der Waals surface area contributed by atoms with Gasteiger partial charge in [0.05, 0.1) is 13.2 Å². The highest BCUT2D eigenvalue weighted by atomic mass is 16.7. The Labute approximate surface area is 116 Å². The number of nitrogens with one attached hydrogen (secondary N) is 1. The number of methoxy groups -OCH3 is 3. The molecule has 1 aromatic carbocycles. The zero-order chi connectivity index (χ0) is 14.3. The maximum absolute atomic E-state index is 5.36. The van der Waals surface area contributed by atoms with Crippen molar-refractivity contribution in [3.05, 3.63) is 29.8 Å². The monoisotopic (exact) mass is 267 g/mol. The fourth-order valence-corrected chi connectivity index (χ4v) is 2.29. The number of hydrogen-bond donors (Lipinski definition) is 1. The molecule has 1 N–H and O–H groups in total. The Hall–Kier alpha value is -1.10. The van der Waals surface area contributed by atoms with E-state index in [2.05, 4.69) is 25.2 Å². The van der Waals surface area contributed by atoms with E-state index in [1.54, 1.807) is 21.3 Å². The average molecular weight is 267 g/mol. The van der Waals surface area contributed by atoms with Crippen molar-refractivity contribution in [2.45, 2.75) is 38.6 Å². The molecule has 0 aliphatic heterocycles. The highest BCUT2D eigenvalue weighted by molar-refractivity contribution is 5.33. The molecule has 0 aliphatic carbocycles. The van der Waals surface area contributed by atoms with Gasteiger partial charge in [-0.15, -0.1) is 0 Å². The van der Waals surface area contributed by atoms with E-state index in [1.807, 2.05) is 18.2 Å². The molecule has 0 fully saturated rings. The van der Waals surface area contributed by atoms with Gasteiger partial charge in [-0.3, -0.25) is 0 Å². The molecular formula is C15H25NO3. The van der Waals surface area contributed by atoms with E-state index in [9.17, 15) is 0 Å². The predicted molar refractivity (Wildman–Crippen MR) is 76.6 cm³/mol. The normalized spacial score (nSPS) is 14.4. The van der Waals surface area contributed by atoms with Crippen LogP contribution in [0.15, 0.2) is 24.3 Å². The molecule has 1 rings (SSSR count). The van der Waals surface area contributed by atoms with Crippen LogP contribution in [0.4, 0.5) is 0 Å². The van der Waals surface area contributed by atoms with Crippen molar-refractivity contribution in [2.24, 2.45) is 0 Å². The summed E-state index contributed by atoms with van der Waals surface area (Å²) in [5.74, 6) is 0.929. The summed E-state index contributed by atoms with van der Waals surface area (Å²) < 4.78 is 15.9. The van der Waals surface area contributed by atoms with Crippen LogP contribution in [0, 0.1) is 0 Å². The molecule has 0 aromatic heterocycles. The summed E-state index contributed by atoms with van der Waals surface area (Å²) in [6.07, 6.45) is 0.661. The van der Waals surface area contributed by atoms with Gasteiger partial charge in [-0.25, -0.2) is 0 Å². The van der Waals surface area contributed by atoms with Gasteiger partial charge in [0.25, 0.3) is 0 Å². The Kier molecular flexibility index (Phi) is 6.84. The lowest BCUT2D eigenvalue weighted by molar-refractivity contribution is -0.120. The Bertz CT molecular complexity index is 366. The van der Waals surface area contributed by atoms with Crippen LogP contribution in [0.3, 0.4) is 0 Å². The van der Waals surface area contributed by atoms with Crippen LogP contribution in [0.2, 0.25) is 0 Å². The molecule has 1 aromatic rings.